The Bertz CT molecular complexity index is 315. The SMILES string of the molecule is CCN1CCN(OC)CC1c1ccccc1. The molecule has 1 saturated heterocycles. The van der Waals surface area contributed by atoms with Gasteiger partial charge in [-0.2, -0.15) is 5.06 Å². The molecule has 0 aliphatic carbocycles. The van der Waals surface area contributed by atoms with Crippen LogP contribution in [0.1, 0.15) is 18.5 Å². The molecule has 2 rings (SSSR count). The molecule has 1 aromatic rings. The molecule has 3 heteroatoms. The van der Waals surface area contributed by atoms with Crippen molar-refractivity contribution in [3.05, 3.63) is 35.9 Å². The lowest BCUT2D eigenvalue weighted by Gasteiger charge is -2.40. The fraction of sp³-hybridized carbons (Fsp3) is 0.538. The molecule has 0 aromatic heterocycles. The first-order valence-electron chi connectivity index (χ1n) is 5.93. The van der Waals surface area contributed by atoms with E-state index in [0.29, 0.717) is 6.04 Å². The van der Waals surface area contributed by atoms with Crippen LogP contribution in [-0.2, 0) is 4.84 Å². The van der Waals surface area contributed by atoms with E-state index < -0.39 is 0 Å². The molecule has 0 N–H and O–H groups in total. The second-order valence-corrected chi connectivity index (χ2v) is 4.13. The smallest absolute Gasteiger partial charge is 0.0575 e. The summed E-state index contributed by atoms with van der Waals surface area (Å²) in [5.74, 6) is 0. The van der Waals surface area contributed by atoms with E-state index in [1.165, 1.54) is 5.56 Å². The van der Waals surface area contributed by atoms with Gasteiger partial charge in [-0.1, -0.05) is 37.3 Å². The van der Waals surface area contributed by atoms with E-state index in [1.54, 1.807) is 7.11 Å². The minimum absolute atomic E-state index is 0.458. The molecule has 16 heavy (non-hydrogen) atoms. The zero-order valence-corrected chi connectivity index (χ0v) is 10.1. The van der Waals surface area contributed by atoms with Crippen LogP contribution in [0.4, 0.5) is 0 Å². The Labute approximate surface area is 97.6 Å². The van der Waals surface area contributed by atoms with Crippen molar-refractivity contribution in [2.75, 3.05) is 33.3 Å². The molecule has 1 unspecified atom stereocenters. The van der Waals surface area contributed by atoms with Crippen molar-refractivity contribution >= 4 is 0 Å². The van der Waals surface area contributed by atoms with Gasteiger partial charge in [0, 0.05) is 25.7 Å². The zero-order valence-electron chi connectivity index (χ0n) is 10.1. The molecular weight excluding hydrogens is 200 g/mol. The van der Waals surface area contributed by atoms with Crippen molar-refractivity contribution in [2.45, 2.75) is 13.0 Å². The molecule has 1 atom stereocenters. The lowest BCUT2D eigenvalue weighted by atomic mass is 10.0. The van der Waals surface area contributed by atoms with Crippen molar-refractivity contribution in [1.82, 2.24) is 9.96 Å². The van der Waals surface area contributed by atoms with E-state index in [4.69, 9.17) is 4.84 Å². The van der Waals surface area contributed by atoms with Crippen LogP contribution in [0.25, 0.3) is 0 Å². The highest BCUT2D eigenvalue weighted by Crippen LogP contribution is 2.24. The fourth-order valence-corrected chi connectivity index (χ4v) is 2.33. The van der Waals surface area contributed by atoms with E-state index in [0.717, 1.165) is 26.2 Å². The van der Waals surface area contributed by atoms with Gasteiger partial charge < -0.3 is 4.84 Å². The van der Waals surface area contributed by atoms with Gasteiger partial charge in [0.05, 0.1) is 7.11 Å². The average molecular weight is 220 g/mol. The molecule has 1 aromatic carbocycles. The summed E-state index contributed by atoms with van der Waals surface area (Å²) in [5, 5.41) is 2.05. The maximum Gasteiger partial charge on any atom is 0.0575 e. The van der Waals surface area contributed by atoms with Gasteiger partial charge in [0.25, 0.3) is 0 Å². The second kappa shape index (κ2) is 5.43. The molecular formula is C13H20N2O. The van der Waals surface area contributed by atoms with Crippen LogP contribution in [0.3, 0.4) is 0 Å². The van der Waals surface area contributed by atoms with Crippen LogP contribution < -0.4 is 0 Å². The van der Waals surface area contributed by atoms with Gasteiger partial charge in [-0.05, 0) is 12.1 Å². The minimum atomic E-state index is 0.458. The van der Waals surface area contributed by atoms with Gasteiger partial charge in [-0.15, -0.1) is 0 Å². The van der Waals surface area contributed by atoms with Gasteiger partial charge in [-0.3, -0.25) is 4.90 Å². The predicted molar refractivity (Wildman–Crippen MR) is 65.0 cm³/mol. The lowest BCUT2D eigenvalue weighted by Crippen LogP contribution is -2.47. The van der Waals surface area contributed by atoms with Gasteiger partial charge in [0.2, 0.25) is 0 Å². The first-order chi connectivity index (χ1) is 7.85. The summed E-state index contributed by atoms with van der Waals surface area (Å²) in [6, 6.07) is 11.1. The van der Waals surface area contributed by atoms with Crippen LogP contribution in [0.2, 0.25) is 0 Å². The summed E-state index contributed by atoms with van der Waals surface area (Å²) < 4.78 is 0. The van der Waals surface area contributed by atoms with Crippen LogP contribution in [0.5, 0.6) is 0 Å². The number of likely N-dealkylation sites (N-methyl/N-ethyl adjacent to an activating group) is 1. The van der Waals surface area contributed by atoms with Crippen molar-refractivity contribution in [3.8, 4) is 0 Å². The Morgan fingerprint density at radius 2 is 2.00 bits per heavy atom. The van der Waals surface area contributed by atoms with E-state index in [9.17, 15) is 0 Å². The summed E-state index contributed by atoms with van der Waals surface area (Å²) in [6.45, 7) is 6.33. The average Bonchev–Trinajstić information content (AvgIpc) is 2.39. The minimum Gasteiger partial charge on any atom is -0.302 e. The first-order valence-corrected chi connectivity index (χ1v) is 5.93. The van der Waals surface area contributed by atoms with Crippen molar-refractivity contribution in [2.24, 2.45) is 0 Å². The Hall–Kier alpha value is -0.900. The van der Waals surface area contributed by atoms with Gasteiger partial charge in [0.1, 0.15) is 0 Å². The predicted octanol–water partition coefficient (Wildman–Crippen LogP) is 1.93. The van der Waals surface area contributed by atoms with Gasteiger partial charge in [0.15, 0.2) is 0 Å². The summed E-state index contributed by atoms with van der Waals surface area (Å²) in [7, 11) is 1.75. The number of hydrogen-bond acceptors (Lipinski definition) is 3. The normalized spacial score (nSPS) is 23.5. The Morgan fingerprint density at radius 1 is 1.25 bits per heavy atom. The summed E-state index contributed by atoms with van der Waals surface area (Å²) in [4.78, 5) is 7.85. The highest BCUT2D eigenvalue weighted by atomic mass is 16.7. The van der Waals surface area contributed by atoms with E-state index in [-0.39, 0.29) is 0 Å². The molecule has 1 heterocycles. The summed E-state index contributed by atoms with van der Waals surface area (Å²) in [5.41, 5.74) is 1.38. The quantitative estimate of drug-likeness (QED) is 0.774. The van der Waals surface area contributed by atoms with Crippen molar-refractivity contribution < 1.29 is 4.84 Å². The third-order valence-corrected chi connectivity index (χ3v) is 3.30. The summed E-state index contributed by atoms with van der Waals surface area (Å²) >= 11 is 0. The van der Waals surface area contributed by atoms with Gasteiger partial charge in [-0.25, -0.2) is 0 Å². The number of hydroxylamine groups is 2. The molecule has 3 nitrogen and oxygen atoms in total. The molecule has 88 valence electrons. The monoisotopic (exact) mass is 220 g/mol. The second-order valence-electron chi connectivity index (χ2n) is 4.13. The van der Waals surface area contributed by atoms with Gasteiger partial charge >= 0.3 is 0 Å². The molecule has 1 aliphatic rings. The highest BCUT2D eigenvalue weighted by Gasteiger charge is 2.26. The van der Waals surface area contributed by atoms with E-state index >= 15 is 0 Å². The van der Waals surface area contributed by atoms with Crippen LogP contribution in [0, 0.1) is 0 Å². The third kappa shape index (κ3) is 2.43. The van der Waals surface area contributed by atoms with Crippen LogP contribution in [-0.4, -0.2) is 43.3 Å². The fourth-order valence-electron chi connectivity index (χ4n) is 2.33. The lowest BCUT2D eigenvalue weighted by molar-refractivity contribution is -0.165. The van der Waals surface area contributed by atoms with Crippen molar-refractivity contribution in [1.29, 1.82) is 0 Å². The Kier molecular flexibility index (Phi) is 3.93. The molecule has 0 spiro atoms. The zero-order chi connectivity index (χ0) is 11.4. The molecule has 0 bridgehead atoms. The summed E-state index contributed by atoms with van der Waals surface area (Å²) in [6.07, 6.45) is 0. The standard InChI is InChI=1S/C13H20N2O/c1-3-14-9-10-15(16-2)11-13(14)12-7-5-4-6-8-12/h4-8,13H,3,9-11H2,1-2H3. The topological polar surface area (TPSA) is 15.7 Å². The van der Waals surface area contributed by atoms with Crippen LogP contribution >= 0.6 is 0 Å². The van der Waals surface area contributed by atoms with Crippen LogP contribution in [0.15, 0.2) is 30.3 Å². The molecule has 0 radical (unpaired) electrons. The number of nitrogens with zero attached hydrogens (tertiary/aromatic N) is 2. The maximum absolute atomic E-state index is 5.34. The Balaban J connectivity index is 2.15. The molecule has 0 amide bonds. The largest absolute Gasteiger partial charge is 0.302 e. The molecule has 0 saturated carbocycles. The molecule has 1 aliphatic heterocycles. The number of piperazine rings is 1. The maximum atomic E-state index is 5.34. The Morgan fingerprint density at radius 3 is 2.62 bits per heavy atom. The number of rotatable bonds is 3. The van der Waals surface area contributed by atoms with E-state index in [2.05, 4.69) is 42.2 Å². The first kappa shape index (κ1) is 11.6. The number of hydrogen-bond donors (Lipinski definition) is 0. The van der Waals surface area contributed by atoms with Crippen molar-refractivity contribution in [3.63, 3.8) is 0 Å². The number of benzene rings is 1. The highest BCUT2D eigenvalue weighted by molar-refractivity contribution is 5.19. The third-order valence-electron chi connectivity index (χ3n) is 3.30. The molecule has 1 fully saturated rings. The van der Waals surface area contributed by atoms with E-state index in [1.807, 2.05) is 5.06 Å².